The zero-order valence-corrected chi connectivity index (χ0v) is 18.9. The minimum Gasteiger partial charge on any atom is -0.496 e. The van der Waals surface area contributed by atoms with Gasteiger partial charge < -0.3 is 24.8 Å². The van der Waals surface area contributed by atoms with Crippen molar-refractivity contribution in [2.75, 3.05) is 19.0 Å². The van der Waals surface area contributed by atoms with Crippen LogP contribution in [0.25, 0.3) is 0 Å². The molecule has 0 saturated carbocycles. The lowest BCUT2D eigenvalue weighted by molar-refractivity contribution is -0.116. The second kappa shape index (κ2) is 10.2. The van der Waals surface area contributed by atoms with Crippen molar-refractivity contribution in [1.82, 2.24) is 15.4 Å². The van der Waals surface area contributed by atoms with E-state index in [1.165, 1.54) is 17.5 Å². The van der Waals surface area contributed by atoms with E-state index in [2.05, 4.69) is 21.9 Å². The molecule has 3 heterocycles. The average Bonchev–Trinajstić information content (AvgIpc) is 3.48. The summed E-state index contributed by atoms with van der Waals surface area (Å²) >= 11 is 1.35. The van der Waals surface area contributed by atoms with E-state index in [4.69, 9.17) is 9.26 Å². The number of amides is 3. The van der Waals surface area contributed by atoms with Crippen LogP contribution in [0.2, 0.25) is 0 Å². The van der Waals surface area contributed by atoms with Crippen molar-refractivity contribution < 1.29 is 18.8 Å². The van der Waals surface area contributed by atoms with Crippen LogP contribution >= 0.6 is 11.3 Å². The third-order valence-electron chi connectivity index (χ3n) is 5.43. The Morgan fingerprint density at radius 1 is 1.33 bits per heavy atom. The molecule has 0 unspecified atom stereocenters. The monoisotopic (exact) mass is 465 g/mol. The number of ether oxygens (including phenoxy) is 1. The Hall–Kier alpha value is -3.84. The summed E-state index contributed by atoms with van der Waals surface area (Å²) in [6.07, 6.45) is 2.88. The van der Waals surface area contributed by atoms with Crippen LogP contribution in [0.4, 0.5) is 9.80 Å². The van der Waals surface area contributed by atoms with E-state index < -0.39 is 0 Å². The van der Waals surface area contributed by atoms with Gasteiger partial charge in [0.05, 0.1) is 32.0 Å². The van der Waals surface area contributed by atoms with Crippen LogP contribution in [0, 0.1) is 11.3 Å². The van der Waals surface area contributed by atoms with Crippen molar-refractivity contribution in [3.05, 3.63) is 63.9 Å². The van der Waals surface area contributed by atoms with Gasteiger partial charge in [-0.15, -0.1) is 11.3 Å². The predicted molar refractivity (Wildman–Crippen MR) is 122 cm³/mol. The van der Waals surface area contributed by atoms with Crippen LogP contribution in [0.5, 0.6) is 5.75 Å². The molecule has 0 bridgehead atoms. The molecule has 33 heavy (non-hydrogen) atoms. The summed E-state index contributed by atoms with van der Waals surface area (Å²) in [5.74, 6) is 1.15. The zero-order chi connectivity index (χ0) is 23.2. The minimum absolute atomic E-state index is 0.169. The number of benzene rings is 1. The van der Waals surface area contributed by atoms with Gasteiger partial charge >= 0.3 is 6.03 Å². The van der Waals surface area contributed by atoms with Gasteiger partial charge in [-0.2, -0.15) is 5.26 Å². The summed E-state index contributed by atoms with van der Waals surface area (Å²) in [6, 6.07) is 11.3. The van der Waals surface area contributed by atoms with Gasteiger partial charge in [0.2, 0.25) is 5.91 Å². The lowest BCUT2D eigenvalue weighted by Crippen LogP contribution is -2.42. The molecular weight excluding hydrogens is 442 g/mol. The number of thiophene rings is 1. The van der Waals surface area contributed by atoms with Crippen LogP contribution < -0.4 is 15.4 Å². The Labute approximate surface area is 194 Å². The minimum atomic E-state index is -0.216. The molecule has 0 atom stereocenters. The number of aromatic nitrogens is 1. The number of rotatable bonds is 7. The van der Waals surface area contributed by atoms with E-state index in [9.17, 15) is 14.9 Å². The number of fused-ring (bicyclic) bond motifs is 1. The molecule has 1 aliphatic rings. The van der Waals surface area contributed by atoms with Crippen LogP contribution in [-0.4, -0.2) is 35.6 Å². The number of nitriles is 1. The maximum Gasteiger partial charge on any atom is 0.318 e. The van der Waals surface area contributed by atoms with E-state index in [-0.39, 0.29) is 24.9 Å². The number of hydrogen-bond donors (Lipinski definition) is 2. The summed E-state index contributed by atoms with van der Waals surface area (Å²) in [5, 5.41) is 19.6. The van der Waals surface area contributed by atoms with Gasteiger partial charge in [-0.3, -0.25) is 4.79 Å². The van der Waals surface area contributed by atoms with Crippen LogP contribution in [0.15, 0.2) is 41.1 Å². The molecule has 2 N–H and O–H groups in total. The molecular formula is C23H23N5O4S. The number of methoxy groups -OCH3 is 1. The number of carbonyl (C=O) groups is 2. The highest BCUT2D eigenvalue weighted by Gasteiger charge is 2.27. The van der Waals surface area contributed by atoms with Crippen molar-refractivity contribution in [1.29, 1.82) is 5.26 Å². The highest BCUT2D eigenvalue weighted by molar-refractivity contribution is 7.16. The smallest absolute Gasteiger partial charge is 0.318 e. The first-order valence-corrected chi connectivity index (χ1v) is 11.3. The van der Waals surface area contributed by atoms with Crippen molar-refractivity contribution in [3.63, 3.8) is 0 Å². The SMILES string of the molecule is COc1ccccc1CCC(=O)Nc1sc2c(c1C#N)CCN(C(=O)NCc1ccno1)C2. The molecule has 1 aromatic carbocycles. The third-order valence-corrected chi connectivity index (χ3v) is 6.56. The summed E-state index contributed by atoms with van der Waals surface area (Å²) < 4.78 is 10.3. The number of anilines is 1. The highest BCUT2D eigenvalue weighted by atomic mass is 32.1. The Kier molecular flexibility index (Phi) is 6.90. The molecule has 9 nitrogen and oxygen atoms in total. The number of aryl methyl sites for hydroxylation is 1. The summed E-state index contributed by atoms with van der Waals surface area (Å²) in [5.41, 5.74) is 2.34. The lowest BCUT2D eigenvalue weighted by Gasteiger charge is -2.26. The summed E-state index contributed by atoms with van der Waals surface area (Å²) in [7, 11) is 1.60. The first kappa shape index (κ1) is 22.4. The first-order valence-electron chi connectivity index (χ1n) is 10.5. The Balaban J connectivity index is 1.38. The normalized spacial score (nSPS) is 12.5. The zero-order valence-electron chi connectivity index (χ0n) is 18.1. The van der Waals surface area contributed by atoms with Crippen molar-refractivity contribution in [2.45, 2.75) is 32.4 Å². The van der Waals surface area contributed by atoms with E-state index in [0.29, 0.717) is 42.3 Å². The van der Waals surface area contributed by atoms with Crippen LogP contribution in [0.1, 0.15) is 33.7 Å². The Morgan fingerprint density at radius 3 is 2.94 bits per heavy atom. The van der Waals surface area contributed by atoms with Crippen molar-refractivity contribution in [3.8, 4) is 11.8 Å². The molecule has 10 heteroatoms. The van der Waals surface area contributed by atoms with Gasteiger partial charge in [0, 0.05) is 23.9 Å². The molecule has 0 radical (unpaired) electrons. The standard InChI is InChI=1S/C23H23N5O4S/c1-31-19-5-3-2-4-15(19)6-7-21(29)27-22-18(12-24)17-9-11-28(14-20(17)33-22)23(30)25-13-16-8-10-26-32-16/h2-5,8,10H,6-7,9,11,13-14H2,1H3,(H,25,30)(H,27,29). The fourth-order valence-corrected chi connectivity index (χ4v) is 4.97. The number of carbonyl (C=O) groups excluding carboxylic acids is 2. The lowest BCUT2D eigenvalue weighted by atomic mass is 10.0. The first-order chi connectivity index (χ1) is 16.1. The highest BCUT2D eigenvalue weighted by Crippen LogP contribution is 2.36. The van der Waals surface area contributed by atoms with E-state index in [1.807, 2.05) is 24.3 Å². The molecule has 0 saturated heterocycles. The van der Waals surface area contributed by atoms with Crippen molar-refractivity contribution in [2.24, 2.45) is 0 Å². The van der Waals surface area contributed by atoms with Crippen LogP contribution in [0.3, 0.4) is 0 Å². The van der Waals surface area contributed by atoms with Gasteiger partial charge in [0.1, 0.15) is 16.8 Å². The summed E-state index contributed by atoms with van der Waals surface area (Å²) in [4.78, 5) is 27.7. The molecule has 3 aromatic rings. The number of nitrogens with one attached hydrogen (secondary N) is 2. The predicted octanol–water partition coefficient (Wildman–Crippen LogP) is 3.46. The number of para-hydroxylation sites is 1. The third kappa shape index (κ3) is 5.15. The fourth-order valence-electron chi connectivity index (χ4n) is 3.74. The molecule has 2 aromatic heterocycles. The number of nitrogens with zero attached hydrogens (tertiary/aromatic N) is 3. The van der Waals surface area contributed by atoms with Crippen molar-refractivity contribution >= 4 is 28.3 Å². The van der Waals surface area contributed by atoms with Crippen LogP contribution in [-0.2, 0) is 30.7 Å². The quantitative estimate of drug-likeness (QED) is 0.551. The van der Waals surface area contributed by atoms with Gasteiger partial charge in [-0.25, -0.2) is 4.79 Å². The molecule has 4 rings (SSSR count). The average molecular weight is 466 g/mol. The van der Waals surface area contributed by atoms with Gasteiger partial charge in [-0.05, 0) is 30.0 Å². The number of urea groups is 1. The van der Waals surface area contributed by atoms with Gasteiger partial charge in [-0.1, -0.05) is 23.4 Å². The molecule has 0 spiro atoms. The molecule has 0 fully saturated rings. The Morgan fingerprint density at radius 2 is 2.18 bits per heavy atom. The van der Waals surface area contributed by atoms with E-state index in [1.54, 1.807) is 18.1 Å². The van der Waals surface area contributed by atoms with Gasteiger partial charge in [0.25, 0.3) is 0 Å². The molecule has 0 aliphatic carbocycles. The number of hydrogen-bond acceptors (Lipinski definition) is 7. The second-order valence-electron chi connectivity index (χ2n) is 7.49. The molecule has 170 valence electrons. The topological polar surface area (TPSA) is 120 Å². The maximum absolute atomic E-state index is 12.6. The van der Waals surface area contributed by atoms with Gasteiger partial charge in [0.15, 0.2) is 5.76 Å². The van der Waals surface area contributed by atoms with E-state index in [0.717, 1.165) is 21.8 Å². The molecule has 3 amide bonds. The second-order valence-corrected chi connectivity index (χ2v) is 8.59. The van der Waals surface area contributed by atoms with E-state index >= 15 is 0 Å². The summed E-state index contributed by atoms with van der Waals surface area (Å²) in [6.45, 7) is 1.12. The maximum atomic E-state index is 12.6. The molecule has 1 aliphatic heterocycles. The Bertz CT molecular complexity index is 1180. The fraction of sp³-hybridized carbons (Fsp3) is 0.304. The largest absolute Gasteiger partial charge is 0.496 e.